The predicted molar refractivity (Wildman–Crippen MR) is 42.3 cm³/mol. The molecule has 4 atom stereocenters. The Morgan fingerprint density at radius 3 is 2.50 bits per heavy atom. The van der Waals surface area contributed by atoms with Crippen molar-refractivity contribution in [3.63, 3.8) is 0 Å². The molecule has 0 spiro atoms. The molecule has 0 heterocycles. The van der Waals surface area contributed by atoms with E-state index in [4.69, 9.17) is 4.74 Å². The highest BCUT2D eigenvalue weighted by Gasteiger charge is 2.48. The van der Waals surface area contributed by atoms with E-state index >= 15 is 0 Å². The first-order chi connectivity index (χ1) is 5.72. The molecule has 0 aliphatic heterocycles. The number of methoxy groups -OCH3 is 1. The third-order valence-corrected chi connectivity index (χ3v) is 3.32. The van der Waals surface area contributed by atoms with Crippen molar-refractivity contribution in [2.75, 3.05) is 7.11 Å². The molecule has 68 valence electrons. The van der Waals surface area contributed by atoms with Gasteiger partial charge in [-0.05, 0) is 31.1 Å². The van der Waals surface area contributed by atoms with E-state index < -0.39 is 0 Å². The number of carbonyl (C=O) groups excluding carboxylic acids is 1. The van der Waals surface area contributed by atoms with Gasteiger partial charge >= 0.3 is 5.97 Å². The van der Waals surface area contributed by atoms with Gasteiger partial charge in [-0.3, -0.25) is 4.79 Å². The van der Waals surface area contributed by atoms with Crippen molar-refractivity contribution < 1.29 is 14.6 Å². The van der Waals surface area contributed by atoms with Gasteiger partial charge < -0.3 is 9.84 Å². The SMILES string of the molecule is COC(=O)[C@@H]1C[C@@H]2C[C@@H]1C[C@@H]2O. The molecule has 0 amide bonds. The summed E-state index contributed by atoms with van der Waals surface area (Å²) in [4.78, 5) is 11.2. The molecule has 2 aliphatic rings. The number of hydrogen-bond acceptors (Lipinski definition) is 3. The van der Waals surface area contributed by atoms with Crippen LogP contribution in [0.4, 0.5) is 0 Å². The molecule has 2 aliphatic carbocycles. The Morgan fingerprint density at radius 1 is 1.33 bits per heavy atom. The lowest BCUT2D eigenvalue weighted by Crippen LogP contribution is -2.27. The molecule has 0 aromatic carbocycles. The largest absolute Gasteiger partial charge is 0.469 e. The maximum atomic E-state index is 11.2. The molecule has 0 radical (unpaired) electrons. The van der Waals surface area contributed by atoms with Crippen LogP contribution in [-0.4, -0.2) is 24.3 Å². The molecule has 0 aromatic rings. The normalized spacial score (nSPS) is 44.8. The Labute approximate surface area is 71.7 Å². The summed E-state index contributed by atoms with van der Waals surface area (Å²) in [5.74, 6) is 0.731. The van der Waals surface area contributed by atoms with Gasteiger partial charge in [-0.1, -0.05) is 0 Å². The Kier molecular flexibility index (Phi) is 1.83. The lowest BCUT2D eigenvalue weighted by atomic mass is 9.87. The number of aliphatic hydroxyl groups excluding tert-OH is 1. The van der Waals surface area contributed by atoms with E-state index in [0.717, 1.165) is 19.3 Å². The fraction of sp³-hybridized carbons (Fsp3) is 0.889. The molecule has 12 heavy (non-hydrogen) atoms. The molecule has 2 saturated carbocycles. The average molecular weight is 170 g/mol. The van der Waals surface area contributed by atoms with E-state index in [2.05, 4.69) is 0 Å². The van der Waals surface area contributed by atoms with Gasteiger partial charge in [-0.25, -0.2) is 0 Å². The lowest BCUT2D eigenvalue weighted by molar-refractivity contribution is -0.147. The average Bonchev–Trinajstić information content (AvgIpc) is 2.60. The van der Waals surface area contributed by atoms with Crippen molar-refractivity contribution in [2.24, 2.45) is 17.8 Å². The fourth-order valence-electron chi connectivity index (χ4n) is 2.69. The Bertz CT molecular complexity index is 200. The van der Waals surface area contributed by atoms with Crippen molar-refractivity contribution in [3.05, 3.63) is 0 Å². The minimum absolute atomic E-state index is 0.0726. The predicted octanol–water partition coefficient (Wildman–Crippen LogP) is 0.566. The van der Waals surface area contributed by atoms with Crippen LogP contribution in [0.25, 0.3) is 0 Å². The summed E-state index contributed by atoms with van der Waals surface area (Å²) in [6.07, 6.45) is 2.49. The van der Waals surface area contributed by atoms with Crippen molar-refractivity contribution in [1.82, 2.24) is 0 Å². The Morgan fingerprint density at radius 2 is 2.08 bits per heavy atom. The monoisotopic (exact) mass is 170 g/mol. The van der Waals surface area contributed by atoms with Gasteiger partial charge in [-0.15, -0.1) is 0 Å². The topological polar surface area (TPSA) is 46.5 Å². The molecule has 3 nitrogen and oxygen atoms in total. The molecule has 3 heteroatoms. The smallest absolute Gasteiger partial charge is 0.308 e. The summed E-state index contributed by atoms with van der Waals surface area (Å²) >= 11 is 0. The van der Waals surface area contributed by atoms with Crippen LogP contribution >= 0.6 is 0 Å². The standard InChI is InChI=1S/C9H14O3/c1-12-9(11)7-3-6-2-5(7)4-8(6)10/h5-8,10H,2-4H2,1H3/t5-,6+,7-,8+/m1/s1. The maximum absolute atomic E-state index is 11.2. The zero-order valence-corrected chi connectivity index (χ0v) is 7.19. The number of fused-ring (bicyclic) bond motifs is 2. The molecule has 2 fully saturated rings. The van der Waals surface area contributed by atoms with Gasteiger partial charge in [0.1, 0.15) is 0 Å². The molecule has 1 N–H and O–H groups in total. The number of rotatable bonds is 1. The third kappa shape index (κ3) is 1.04. The minimum Gasteiger partial charge on any atom is -0.469 e. The van der Waals surface area contributed by atoms with Gasteiger partial charge in [0.05, 0.1) is 19.1 Å². The van der Waals surface area contributed by atoms with Gasteiger partial charge in [0.2, 0.25) is 0 Å². The summed E-state index contributed by atoms with van der Waals surface area (Å²) in [7, 11) is 1.44. The van der Waals surface area contributed by atoms with Gasteiger partial charge in [0.15, 0.2) is 0 Å². The van der Waals surface area contributed by atoms with Crippen molar-refractivity contribution in [2.45, 2.75) is 25.4 Å². The van der Waals surface area contributed by atoms with Crippen LogP contribution < -0.4 is 0 Å². The molecule has 0 unspecified atom stereocenters. The van der Waals surface area contributed by atoms with Crippen LogP contribution in [0.3, 0.4) is 0 Å². The molecule has 0 aromatic heterocycles. The van der Waals surface area contributed by atoms with Crippen LogP contribution in [-0.2, 0) is 9.53 Å². The van der Waals surface area contributed by atoms with Crippen LogP contribution in [0.15, 0.2) is 0 Å². The highest BCUT2D eigenvalue weighted by Crippen LogP contribution is 2.48. The van der Waals surface area contributed by atoms with Crippen molar-refractivity contribution >= 4 is 5.97 Å². The van der Waals surface area contributed by atoms with Gasteiger partial charge in [-0.2, -0.15) is 0 Å². The Hall–Kier alpha value is -0.570. The lowest BCUT2D eigenvalue weighted by Gasteiger charge is -2.22. The van der Waals surface area contributed by atoms with E-state index in [1.165, 1.54) is 7.11 Å². The summed E-state index contributed by atoms with van der Waals surface area (Å²) < 4.78 is 4.70. The number of aliphatic hydroxyl groups is 1. The number of carbonyl (C=O) groups is 1. The highest BCUT2D eigenvalue weighted by molar-refractivity contribution is 5.73. The summed E-state index contributed by atoms with van der Waals surface area (Å²) in [6, 6.07) is 0. The van der Waals surface area contributed by atoms with E-state index in [1.54, 1.807) is 0 Å². The minimum atomic E-state index is -0.157. The van der Waals surface area contributed by atoms with Crippen LogP contribution in [0.5, 0.6) is 0 Å². The summed E-state index contributed by atoms with van der Waals surface area (Å²) in [5, 5.41) is 9.44. The van der Waals surface area contributed by atoms with Crippen LogP contribution in [0, 0.1) is 17.8 Å². The van der Waals surface area contributed by atoms with E-state index in [9.17, 15) is 9.90 Å². The van der Waals surface area contributed by atoms with E-state index in [1.807, 2.05) is 0 Å². The van der Waals surface area contributed by atoms with Crippen LogP contribution in [0.1, 0.15) is 19.3 Å². The van der Waals surface area contributed by atoms with E-state index in [-0.39, 0.29) is 18.0 Å². The second kappa shape index (κ2) is 2.73. The summed E-state index contributed by atoms with van der Waals surface area (Å²) in [6.45, 7) is 0. The number of esters is 1. The first kappa shape index (κ1) is 8.05. The fourth-order valence-corrected chi connectivity index (χ4v) is 2.69. The second-order valence-corrected chi connectivity index (χ2v) is 3.92. The third-order valence-electron chi connectivity index (χ3n) is 3.32. The molecular formula is C9H14O3. The zero-order chi connectivity index (χ0) is 8.72. The summed E-state index contributed by atoms with van der Waals surface area (Å²) in [5.41, 5.74) is 0. The highest BCUT2D eigenvalue weighted by atomic mass is 16.5. The van der Waals surface area contributed by atoms with Gasteiger partial charge in [0.25, 0.3) is 0 Å². The number of ether oxygens (including phenoxy) is 1. The van der Waals surface area contributed by atoms with Crippen molar-refractivity contribution in [1.29, 1.82) is 0 Å². The first-order valence-corrected chi connectivity index (χ1v) is 4.48. The molecule has 2 rings (SSSR count). The second-order valence-electron chi connectivity index (χ2n) is 3.92. The van der Waals surface area contributed by atoms with E-state index in [0.29, 0.717) is 11.8 Å². The maximum Gasteiger partial charge on any atom is 0.308 e. The quantitative estimate of drug-likeness (QED) is 0.585. The Balaban J connectivity index is 2.02. The molecular weight excluding hydrogens is 156 g/mol. The number of hydrogen-bond donors (Lipinski definition) is 1. The zero-order valence-electron chi connectivity index (χ0n) is 7.19. The van der Waals surface area contributed by atoms with Gasteiger partial charge in [0, 0.05) is 0 Å². The molecule has 2 bridgehead atoms. The van der Waals surface area contributed by atoms with Crippen LogP contribution in [0.2, 0.25) is 0 Å². The van der Waals surface area contributed by atoms with Crippen molar-refractivity contribution in [3.8, 4) is 0 Å². The first-order valence-electron chi connectivity index (χ1n) is 4.48. The molecule has 0 saturated heterocycles.